The number of aromatic nitrogens is 1. The lowest BCUT2D eigenvalue weighted by molar-refractivity contribution is 0.0791. The van der Waals surface area contributed by atoms with Crippen LogP contribution in [0, 0.1) is 0 Å². The highest BCUT2D eigenvalue weighted by Gasteiger charge is 2.20. The van der Waals surface area contributed by atoms with E-state index in [-0.39, 0.29) is 11.8 Å². The van der Waals surface area contributed by atoms with Crippen molar-refractivity contribution in [2.45, 2.75) is 0 Å². The van der Waals surface area contributed by atoms with Gasteiger partial charge in [0.25, 0.3) is 11.8 Å². The van der Waals surface area contributed by atoms with E-state index in [4.69, 9.17) is 0 Å². The molecule has 15 heavy (non-hydrogen) atoms. The first-order chi connectivity index (χ1) is 6.95. The number of carbonyl (C=O) groups excluding carboxylic acids is 2. The van der Waals surface area contributed by atoms with Gasteiger partial charge in [0.05, 0.1) is 11.1 Å². The molecule has 0 saturated heterocycles. The van der Waals surface area contributed by atoms with E-state index in [0.29, 0.717) is 11.1 Å². The molecule has 2 amide bonds. The van der Waals surface area contributed by atoms with Crippen molar-refractivity contribution < 1.29 is 9.59 Å². The Kier molecular flexibility index (Phi) is 3.14. The zero-order valence-electron chi connectivity index (χ0n) is 9.37. The summed E-state index contributed by atoms with van der Waals surface area (Å²) < 4.78 is 0. The van der Waals surface area contributed by atoms with E-state index in [1.54, 1.807) is 40.6 Å². The summed E-state index contributed by atoms with van der Waals surface area (Å²) in [4.78, 5) is 29.0. The monoisotopic (exact) mass is 209 g/mol. The molecule has 0 unspecified atom stereocenters. The van der Waals surface area contributed by atoms with E-state index in [9.17, 15) is 9.59 Å². The molecule has 0 aliphatic rings. The van der Waals surface area contributed by atoms with Crippen LogP contribution in [0.1, 0.15) is 20.7 Å². The molecular weight excluding hydrogens is 194 g/mol. The van der Waals surface area contributed by atoms with E-state index >= 15 is 0 Å². The van der Waals surface area contributed by atoms with Gasteiger partial charge in [0.15, 0.2) is 0 Å². The summed E-state index contributed by atoms with van der Waals surface area (Å²) in [5.41, 5.74) is 0.803. The van der Waals surface area contributed by atoms with Crippen LogP contribution in [0.3, 0.4) is 0 Å². The van der Waals surface area contributed by atoms with Crippen molar-refractivity contribution in [2.24, 2.45) is 0 Å². The lowest BCUT2D eigenvalue weighted by Crippen LogP contribution is -2.27. The van der Waals surface area contributed by atoms with Gasteiger partial charge in [0, 0.05) is 40.6 Å². The van der Waals surface area contributed by atoms with Crippen LogP contribution >= 0.6 is 0 Å². The van der Waals surface area contributed by atoms with Gasteiger partial charge >= 0.3 is 0 Å². The van der Waals surface area contributed by atoms with E-state index in [0.717, 1.165) is 0 Å². The first-order valence-electron chi connectivity index (χ1n) is 4.55. The smallest absolute Gasteiger partial charge is 0.255 e. The summed E-state index contributed by atoms with van der Waals surface area (Å²) in [6.07, 6.45) is 3.08. The molecular formula is C10H15N3O2. The molecule has 0 aliphatic carbocycles. The number of carbonyl (C=O) groups is 2. The predicted octanol–water partition coefficient (Wildman–Crippen LogP) is 0.418. The zero-order chi connectivity index (χ0) is 11.6. The summed E-state index contributed by atoms with van der Waals surface area (Å²) >= 11 is 0. The fourth-order valence-electron chi connectivity index (χ4n) is 1.20. The highest BCUT2D eigenvalue weighted by molar-refractivity contribution is 6.06. The molecule has 82 valence electrons. The fraction of sp³-hybridized carbons (Fsp3) is 0.400. The third-order valence-corrected chi connectivity index (χ3v) is 2.02. The number of aromatic amines is 1. The highest BCUT2D eigenvalue weighted by Crippen LogP contribution is 2.11. The van der Waals surface area contributed by atoms with Crippen molar-refractivity contribution in [3.05, 3.63) is 23.5 Å². The van der Waals surface area contributed by atoms with Gasteiger partial charge in [0.1, 0.15) is 0 Å². The van der Waals surface area contributed by atoms with Gasteiger partial charge < -0.3 is 14.8 Å². The molecule has 1 heterocycles. The molecule has 1 aromatic heterocycles. The van der Waals surface area contributed by atoms with Gasteiger partial charge in [-0.15, -0.1) is 0 Å². The maximum atomic E-state index is 11.7. The largest absolute Gasteiger partial charge is 0.366 e. The Morgan fingerprint density at radius 3 is 1.53 bits per heavy atom. The van der Waals surface area contributed by atoms with Crippen LogP contribution in [0.5, 0.6) is 0 Å². The Labute approximate surface area is 88.7 Å². The number of H-pyrrole nitrogens is 1. The predicted molar refractivity (Wildman–Crippen MR) is 56.8 cm³/mol. The van der Waals surface area contributed by atoms with Crippen LogP contribution in [0.15, 0.2) is 12.4 Å². The summed E-state index contributed by atoms with van der Waals surface area (Å²) in [5.74, 6) is -0.358. The lowest BCUT2D eigenvalue weighted by atomic mass is 10.1. The SMILES string of the molecule is CN(C)C(=O)c1c[nH]cc1C(=O)N(C)C. The standard InChI is InChI=1S/C10H15N3O2/c1-12(2)9(14)7-5-11-6-8(7)10(15)13(3)4/h5-6,11H,1-4H3. The molecule has 5 nitrogen and oxygen atoms in total. The maximum Gasteiger partial charge on any atom is 0.255 e. The summed E-state index contributed by atoms with van der Waals surface area (Å²) in [5, 5.41) is 0. The lowest BCUT2D eigenvalue weighted by Gasteiger charge is -2.13. The Morgan fingerprint density at radius 1 is 0.933 bits per heavy atom. The molecule has 1 rings (SSSR count). The minimum absolute atomic E-state index is 0.179. The summed E-state index contributed by atoms with van der Waals surface area (Å²) in [7, 11) is 6.61. The topological polar surface area (TPSA) is 56.4 Å². The Bertz CT molecular complexity index is 345. The highest BCUT2D eigenvalue weighted by atomic mass is 16.2. The van der Waals surface area contributed by atoms with E-state index in [1.807, 2.05) is 0 Å². The van der Waals surface area contributed by atoms with Crippen molar-refractivity contribution in [3.63, 3.8) is 0 Å². The second-order valence-corrected chi connectivity index (χ2v) is 3.68. The van der Waals surface area contributed by atoms with E-state index in [2.05, 4.69) is 4.98 Å². The number of rotatable bonds is 2. The van der Waals surface area contributed by atoms with Crippen molar-refractivity contribution in [3.8, 4) is 0 Å². The van der Waals surface area contributed by atoms with Gasteiger partial charge in [-0.2, -0.15) is 0 Å². The molecule has 0 fully saturated rings. The second kappa shape index (κ2) is 4.16. The molecule has 0 atom stereocenters. The normalized spacial score (nSPS) is 9.87. The molecule has 5 heteroatoms. The number of hydrogen-bond donors (Lipinski definition) is 1. The Morgan fingerprint density at radius 2 is 1.27 bits per heavy atom. The third kappa shape index (κ3) is 2.18. The number of hydrogen-bond acceptors (Lipinski definition) is 2. The van der Waals surface area contributed by atoms with Crippen LogP contribution in [0.2, 0.25) is 0 Å². The van der Waals surface area contributed by atoms with Crippen LogP contribution in [-0.4, -0.2) is 54.8 Å². The molecule has 1 aromatic rings. The molecule has 0 spiro atoms. The van der Waals surface area contributed by atoms with Crippen LogP contribution < -0.4 is 0 Å². The summed E-state index contributed by atoms with van der Waals surface area (Å²) in [6.45, 7) is 0. The fourth-order valence-corrected chi connectivity index (χ4v) is 1.20. The Balaban J connectivity index is 3.07. The molecule has 0 bridgehead atoms. The van der Waals surface area contributed by atoms with Crippen LogP contribution in [0.25, 0.3) is 0 Å². The van der Waals surface area contributed by atoms with Gasteiger partial charge in [-0.3, -0.25) is 9.59 Å². The first-order valence-corrected chi connectivity index (χ1v) is 4.55. The minimum atomic E-state index is -0.179. The van der Waals surface area contributed by atoms with E-state index in [1.165, 1.54) is 9.80 Å². The number of nitrogens with zero attached hydrogens (tertiary/aromatic N) is 2. The van der Waals surface area contributed by atoms with Crippen LogP contribution in [-0.2, 0) is 0 Å². The average Bonchev–Trinajstić information content (AvgIpc) is 2.63. The minimum Gasteiger partial charge on any atom is -0.366 e. The van der Waals surface area contributed by atoms with Gasteiger partial charge in [-0.05, 0) is 0 Å². The zero-order valence-corrected chi connectivity index (χ0v) is 9.37. The molecule has 0 aromatic carbocycles. The van der Waals surface area contributed by atoms with Crippen molar-refractivity contribution in [1.82, 2.24) is 14.8 Å². The molecule has 1 N–H and O–H groups in total. The van der Waals surface area contributed by atoms with Crippen molar-refractivity contribution >= 4 is 11.8 Å². The third-order valence-electron chi connectivity index (χ3n) is 2.02. The molecule has 0 aliphatic heterocycles. The second-order valence-electron chi connectivity index (χ2n) is 3.68. The quantitative estimate of drug-likeness (QED) is 0.767. The maximum absolute atomic E-state index is 11.7. The van der Waals surface area contributed by atoms with Crippen LogP contribution in [0.4, 0.5) is 0 Å². The van der Waals surface area contributed by atoms with Crippen molar-refractivity contribution in [2.75, 3.05) is 28.2 Å². The number of nitrogens with one attached hydrogen (secondary N) is 1. The first kappa shape index (κ1) is 11.3. The summed E-state index contributed by atoms with van der Waals surface area (Å²) in [6, 6.07) is 0. The Hall–Kier alpha value is -1.78. The van der Waals surface area contributed by atoms with Gasteiger partial charge in [-0.25, -0.2) is 0 Å². The average molecular weight is 209 g/mol. The van der Waals surface area contributed by atoms with Gasteiger partial charge in [0.2, 0.25) is 0 Å². The molecule has 0 saturated carbocycles. The molecule has 0 radical (unpaired) electrons. The van der Waals surface area contributed by atoms with Crippen molar-refractivity contribution in [1.29, 1.82) is 0 Å². The number of amides is 2. The van der Waals surface area contributed by atoms with Gasteiger partial charge in [-0.1, -0.05) is 0 Å². The van der Waals surface area contributed by atoms with E-state index < -0.39 is 0 Å².